The summed E-state index contributed by atoms with van der Waals surface area (Å²) < 4.78 is 25.9. The first kappa shape index (κ1) is 16.4. The first-order chi connectivity index (χ1) is 12.4. The summed E-state index contributed by atoms with van der Waals surface area (Å²) in [6, 6.07) is 11.2. The SMILES string of the molecule is Cc1ccnc(-c2cnc(-n3cc(S(C)(=O)=O)c4ccccc43)nc2)c1. The normalized spacial score (nSPS) is 11.8. The largest absolute Gasteiger partial charge is 0.284 e. The Morgan fingerprint density at radius 1 is 1.00 bits per heavy atom. The lowest BCUT2D eigenvalue weighted by atomic mass is 10.2. The smallest absolute Gasteiger partial charge is 0.234 e. The summed E-state index contributed by atoms with van der Waals surface area (Å²) in [7, 11) is -3.36. The standard InChI is InChI=1S/C19H16N4O2S/c1-13-7-8-20-16(9-13)14-10-21-19(22-11-14)23-12-18(26(2,24)25)15-5-3-4-6-17(15)23/h3-12H,1-2H3. The van der Waals surface area contributed by atoms with Crippen LogP contribution in [0.1, 0.15) is 5.56 Å². The molecule has 0 fully saturated rings. The van der Waals surface area contributed by atoms with Crippen molar-refractivity contribution in [2.75, 3.05) is 6.26 Å². The van der Waals surface area contributed by atoms with Gasteiger partial charge in [0, 0.05) is 42.0 Å². The lowest BCUT2D eigenvalue weighted by Gasteiger charge is -2.05. The summed E-state index contributed by atoms with van der Waals surface area (Å²) in [4.78, 5) is 13.4. The molecule has 3 heterocycles. The zero-order chi connectivity index (χ0) is 18.3. The highest BCUT2D eigenvalue weighted by atomic mass is 32.2. The van der Waals surface area contributed by atoms with E-state index in [-0.39, 0.29) is 4.90 Å². The Bertz CT molecular complexity index is 1210. The molecule has 6 nitrogen and oxygen atoms in total. The van der Waals surface area contributed by atoms with Gasteiger partial charge in [0.15, 0.2) is 9.84 Å². The lowest BCUT2D eigenvalue weighted by Crippen LogP contribution is -2.00. The van der Waals surface area contributed by atoms with Crippen molar-refractivity contribution in [3.8, 4) is 17.2 Å². The van der Waals surface area contributed by atoms with Gasteiger partial charge in [0.2, 0.25) is 5.95 Å². The van der Waals surface area contributed by atoms with Crippen LogP contribution in [0.25, 0.3) is 28.1 Å². The summed E-state index contributed by atoms with van der Waals surface area (Å²) in [6.45, 7) is 2.00. The quantitative estimate of drug-likeness (QED) is 0.558. The summed E-state index contributed by atoms with van der Waals surface area (Å²) >= 11 is 0. The molecule has 0 aliphatic heterocycles. The third kappa shape index (κ3) is 2.86. The molecule has 0 saturated carbocycles. The van der Waals surface area contributed by atoms with Crippen LogP contribution < -0.4 is 0 Å². The van der Waals surface area contributed by atoms with Crippen LogP contribution >= 0.6 is 0 Å². The van der Waals surface area contributed by atoms with Crippen LogP contribution in [0.3, 0.4) is 0 Å². The minimum absolute atomic E-state index is 0.265. The van der Waals surface area contributed by atoms with E-state index in [0.717, 1.165) is 22.3 Å². The molecule has 0 bridgehead atoms. The highest BCUT2D eigenvalue weighted by Gasteiger charge is 2.18. The number of fused-ring (bicyclic) bond motifs is 1. The highest BCUT2D eigenvalue weighted by molar-refractivity contribution is 7.91. The second-order valence-corrected chi connectivity index (χ2v) is 8.13. The van der Waals surface area contributed by atoms with Crippen molar-refractivity contribution in [3.63, 3.8) is 0 Å². The Labute approximate surface area is 151 Å². The number of sulfone groups is 1. The molecule has 1 aromatic carbocycles. The second-order valence-electron chi connectivity index (χ2n) is 6.14. The van der Waals surface area contributed by atoms with E-state index in [4.69, 9.17) is 0 Å². The van der Waals surface area contributed by atoms with E-state index in [1.165, 1.54) is 6.26 Å². The summed E-state index contributed by atoms with van der Waals surface area (Å²) in [6.07, 6.45) is 7.90. The number of aromatic nitrogens is 4. The Morgan fingerprint density at radius 3 is 2.42 bits per heavy atom. The van der Waals surface area contributed by atoms with Crippen molar-refractivity contribution in [1.29, 1.82) is 0 Å². The monoisotopic (exact) mass is 364 g/mol. The number of hydrogen-bond donors (Lipinski definition) is 0. The number of para-hydroxylation sites is 1. The maximum atomic E-state index is 12.1. The fraction of sp³-hybridized carbons (Fsp3) is 0.105. The number of pyridine rings is 1. The van der Waals surface area contributed by atoms with Gasteiger partial charge in [-0.05, 0) is 30.7 Å². The first-order valence-electron chi connectivity index (χ1n) is 7.99. The summed E-state index contributed by atoms with van der Waals surface area (Å²) in [5.74, 6) is 0.410. The molecule has 3 aromatic heterocycles. The molecule has 0 spiro atoms. The molecule has 7 heteroatoms. The molecule has 0 atom stereocenters. The minimum atomic E-state index is -3.36. The molecule has 130 valence electrons. The van der Waals surface area contributed by atoms with E-state index in [9.17, 15) is 8.42 Å². The van der Waals surface area contributed by atoms with Crippen molar-refractivity contribution in [1.82, 2.24) is 19.5 Å². The summed E-state index contributed by atoms with van der Waals surface area (Å²) in [5.41, 5.74) is 3.45. The zero-order valence-corrected chi connectivity index (χ0v) is 15.1. The van der Waals surface area contributed by atoms with Crippen molar-refractivity contribution >= 4 is 20.7 Å². The van der Waals surface area contributed by atoms with Crippen LogP contribution in [-0.2, 0) is 9.84 Å². The molecule has 4 aromatic rings. The van der Waals surface area contributed by atoms with E-state index in [1.54, 1.807) is 35.4 Å². The molecule has 0 radical (unpaired) electrons. The predicted octanol–water partition coefficient (Wildman–Crippen LogP) is 3.19. The number of nitrogens with zero attached hydrogens (tertiary/aromatic N) is 4. The fourth-order valence-corrected chi connectivity index (χ4v) is 3.75. The van der Waals surface area contributed by atoms with Crippen molar-refractivity contribution in [2.24, 2.45) is 0 Å². The number of rotatable bonds is 3. The first-order valence-corrected chi connectivity index (χ1v) is 9.88. The molecule has 0 N–H and O–H groups in total. The predicted molar refractivity (Wildman–Crippen MR) is 99.9 cm³/mol. The van der Waals surface area contributed by atoms with Crippen LogP contribution in [0.5, 0.6) is 0 Å². The average Bonchev–Trinajstić information content (AvgIpc) is 3.02. The van der Waals surface area contributed by atoms with E-state index in [2.05, 4.69) is 15.0 Å². The van der Waals surface area contributed by atoms with Gasteiger partial charge in [0.1, 0.15) is 0 Å². The Balaban J connectivity index is 1.84. The Hall–Kier alpha value is -3.06. The van der Waals surface area contributed by atoms with E-state index in [0.29, 0.717) is 11.3 Å². The van der Waals surface area contributed by atoms with Gasteiger partial charge in [0.25, 0.3) is 0 Å². The number of hydrogen-bond acceptors (Lipinski definition) is 5. The lowest BCUT2D eigenvalue weighted by molar-refractivity contribution is 0.602. The molecular formula is C19H16N4O2S. The fourth-order valence-electron chi connectivity index (χ4n) is 2.88. The molecule has 0 saturated heterocycles. The molecule has 0 aliphatic carbocycles. The van der Waals surface area contributed by atoms with Gasteiger partial charge < -0.3 is 0 Å². The van der Waals surface area contributed by atoms with Crippen LogP contribution in [0, 0.1) is 6.92 Å². The van der Waals surface area contributed by atoms with Crippen LogP contribution in [0.4, 0.5) is 0 Å². The molecular weight excluding hydrogens is 348 g/mol. The zero-order valence-electron chi connectivity index (χ0n) is 14.3. The van der Waals surface area contributed by atoms with Gasteiger partial charge in [-0.15, -0.1) is 0 Å². The Kier molecular flexibility index (Phi) is 3.81. The number of benzene rings is 1. The maximum Gasteiger partial charge on any atom is 0.234 e. The van der Waals surface area contributed by atoms with Crippen molar-refractivity contribution in [3.05, 3.63) is 66.7 Å². The molecule has 26 heavy (non-hydrogen) atoms. The van der Waals surface area contributed by atoms with E-state index >= 15 is 0 Å². The average molecular weight is 364 g/mol. The number of aryl methyl sites for hydroxylation is 1. The van der Waals surface area contributed by atoms with Gasteiger partial charge in [0.05, 0.1) is 16.1 Å². The maximum absolute atomic E-state index is 12.1. The molecule has 0 amide bonds. The van der Waals surface area contributed by atoms with Crippen LogP contribution in [0.15, 0.2) is 66.1 Å². The Morgan fingerprint density at radius 2 is 1.73 bits per heavy atom. The third-order valence-electron chi connectivity index (χ3n) is 4.14. The highest BCUT2D eigenvalue weighted by Crippen LogP contribution is 2.27. The van der Waals surface area contributed by atoms with Gasteiger partial charge >= 0.3 is 0 Å². The van der Waals surface area contributed by atoms with Gasteiger partial charge in [-0.2, -0.15) is 0 Å². The topological polar surface area (TPSA) is 77.7 Å². The van der Waals surface area contributed by atoms with E-state index < -0.39 is 9.84 Å². The molecule has 4 rings (SSSR count). The van der Waals surface area contributed by atoms with Crippen molar-refractivity contribution in [2.45, 2.75) is 11.8 Å². The minimum Gasteiger partial charge on any atom is -0.284 e. The molecule has 0 aliphatic rings. The van der Waals surface area contributed by atoms with Crippen LogP contribution in [-0.4, -0.2) is 34.2 Å². The second kappa shape index (κ2) is 6.03. The van der Waals surface area contributed by atoms with Gasteiger partial charge in [-0.1, -0.05) is 18.2 Å². The van der Waals surface area contributed by atoms with Crippen molar-refractivity contribution < 1.29 is 8.42 Å². The third-order valence-corrected chi connectivity index (χ3v) is 5.26. The molecule has 0 unspecified atom stereocenters. The van der Waals surface area contributed by atoms with Gasteiger partial charge in [-0.3, -0.25) is 9.55 Å². The van der Waals surface area contributed by atoms with Gasteiger partial charge in [-0.25, -0.2) is 18.4 Å². The van der Waals surface area contributed by atoms with E-state index in [1.807, 2.05) is 37.3 Å². The summed E-state index contributed by atoms with van der Waals surface area (Å²) in [5, 5.41) is 0.656. The van der Waals surface area contributed by atoms with Crippen LogP contribution in [0.2, 0.25) is 0 Å².